The van der Waals surface area contributed by atoms with E-state index in [2.05, 4.69) is 5.32 Å². The third-order valence-corrected chi connectivity index (χ3v) is 5.93. The van der Waals surface area contributed by atoms with Crippen LogP contribution in [0.1, 0.15) is 31.8 Å². The summed E-state index contributed by atoms with van der Waals surface area (Å²) in [7, 11) is 0. The number of benzene rings is 3. The van der Waals surface area contributed by atoms with Gasteiger partial charge in [-0.1, -0.05) is 12.1 Å². The van der Waals surface area contributed by atoms with Gasteiger partial charge in [0.05, 0.1) is 22.3 Å². The van der Waals surface area contributed by atoms with Crippen LogP contribution in [0.25, 0.3) is 0 Å². The molecule has 1 amide bonds. The van der Waals surface area contributed by atoms with Crippen molar-refractivity contribution >= 4 is 52.1 Å². The van der Waals surface area contributed by atoms with Crippen LogP contribution in [-0.2, 0) is 31.4 Å². The van der Waals surface area contributed by atoms with Gasteiger partial charge in [0, 0.05) is 9.26 Å². The Bertz CT molecular complexity index is 1460. The van der Waals surface area contributed by atoms with Crippen molar-refractivity contribution in [2.45, 2.75) is 24.6 Å². The lowest BCUT2D eigenvalue weighted by atomic mass is 10.1. The van der Waals surface area contributed by atoms with Crippen LogP contribution in [-0.4, -0.2) is 41.1 Å². The monoisotopic (exact) mass is 695 g/mol. The van der Waals surface area contributed by atoms with E-state index >= 15 is 0 Å². The zero-order valence-electron chi connectivity index (χ0n) is 20.1. The maximum absolute atomic E-state index is 13.1. The Labute approximate surface area is 240 Å². The summed E-state index contributed by atoms with van der Waals surface area (Å²) in [5, 5.41) is 12.0. The molecule has 0 aliphatic heterocycles. The van der Waals surface area contributed by atoms with Crippen LogP contribution in [0.3, 0.4) is 0 Å². The second-order valence-corrected chi connectivity index (χ2v) is 9.39. The Hall–Kier alpha value is -4.15. The van der Waals surface area contributed by atoms with E-state index in [1.807, 2.05) is 22.6 Å². The van der Waals surface area contributed by atoms with Gasteiger partial charge in [0.1, 0.15) is 0 Å². The van der Waals surface area contributed by atoms with Crippen molar-refractivity contribution in [3.05, 3.63) is 98.6 Å². The predicted molar refractivity (Wildman–Crippen MR) is 137 cm³/mol. The first-order chi connectivity index (χ1) is 19.1. The van der Waals surface area contributed by atoms with Gasteiger partial charge in [-0.15, -0.1) is 0 Å². The van der Waals surface area contributed by atoms with Crippen molar-refractivity contribution in [1.29, 1.82) is 0 Å². The van der Waals surface area contributed by atoms with Crippen molar-refractivity contribution in [2.24, 2.45) is 0 Å². The molecule has 3 aromatic rings. The first-order valence-corrected chi connectivity index (χ1v) is 12.2. The Balaban J connectivity index is 1.96. The molecule has 3 aromatic carbocycles. The van der Waals surface area contributed by atoms with Gasteiger partial charge < -0.3 is 19.9 Å². The maximum atomic E-state index is 13.1. The van der Waals surface area contributed by atoms with E-state index in [1.54, 1.807) is 12.1 Å². The number of carbonyl (C=O) groups excluding carboxylic acids is 3. The molecular weight excluding hydrogens is 679 g/mol. The SMILES string of the molecule is O=C(O[C@H](C(=O)O)[C@@H](OC(=O)c1cccc(C(F)(F)F)c1)C(=O)Nc1ccc(I)cc1)c1cccc(C(F)(F)F)c1. The highest BCUT2D eigenvalue weighted by molar-refractivity contribution is 14.1. The third kappa shape index (κ3) is 8.42. The Morgan fingerprint density at radius 1 is 0.707 bits per heavy atom. The molecular formula is C26H16F6INO7. The van der Waals surface area contributed by atoms with Gasteiger partial charge in [0.2, 0.25) is 12.2 Å². The number of halogens is 7. The summed E-state index contributed by atoms with van der Waals surface area (Å²) in [6.45, 7) is 0. The molecule has 0 bridgehead atoms. The minimum Gasteiger partial charge on any atom is -0.478 e. The van der Waals surface area contributed by atoms with E-state index in [0.29, 0.717) is 24.3 Å². The van der Waals surface area contributed by atoms with Gasteiger partial charge in [0.15, 0.2) is 0 Å². The van der Waals surface area contributed by atoms with E-state index in [-0.39, 0.29) is 5.69 Å². The Morgan fingerprint density at radius 3 is 1.56 bits per heavy atom. The molecule has 0 fully saturated rings. The lowest BCUT2D eigenvalue weighted by Crippen LogP contribution is -2.48. The summed E-state index contributed by atoms with van der Waals surface area (Å²) >= 11 is 1.95. The zero-order valence-corrected chi connectivity index (χ0v) is 22.3. The number of nitrogens with one attached hydrogen (secondary N) is 1. The van der Waals surface area contributed by atoms with Crippen molar-refractivity contribution in [3.63, 3.8) is 0 Å². The van der Waals surface area contributed by atoms with Crippen LogP contribution >= 0.6 is 22.6 Å². The maximum Gasteiger partial charge on any atom is 0.416 e. The van der Waals surface area contributed by atoms with Crippen molar-refractivity contribution < 1.29 is 60.1 Å². The lowest BCUT2D eigenvalue weighted by molar-refractivity contribution is -0.157. The number of carbonyl (C=O) groups is 4. The molecule has 0 spiro atoms. The molecule has 8 nitrogen and oxygen atoms in total. The number of esters is 2. The van der Waals surface area contributed by atoms with Crippen molar-refractivity contribution in [2.75, 3.05) is 5.32 Å². The van der Waals surface area contributed by atoms with E-state index in [4.69, 9.17) is 9.47 Å². The topological polar surface area (TPSA) is 119 Å². The van der Waals surface area contributed by atoms with Gasteiger partial charge in [-0.2, -0.15) is 26.3 Å². The molecule has 0 radical (unpaired) electrons. The number of ether oxygens (including phenoxy) is 2. The molecule has 0 aliphatic rings. The van der Waals surface area contributed by atoms with Crippen LogP contribution in [0.15, 0.2) is 72.8 Å². The number of rotatable bonds is 8. The van der Waals surface area contributed by atoms with Gasteiger partial charge in [-0.05, 0) is 83.3 Å². The first-order valence-electron chi connectivity index (χ1n) is 11.1. The molecule has 41 heavy (non-hydrogen) atoms. The standard InChI is InChI=1S/C26H16F6INO7/c27-25(28,29)15-5-1-3-13(11-15)23(38)40-19(21(35)34-18-9-7-17(33)8-10-18)20(22(36)37)41-24(39)14-4-2-6-16(12-14)26(30,31)32/h1-12,19-20H,(H,34,35)(H,36,37)/t19-,20+/m1/s1. The number of carboxylic acid groups (broad SMARTS) is 1. The van der Waals surface area contributed by atoms with E-state index < -0.39 is 70.6 Å². The van der Waals surface area contributed by atoms with E-state index in [0.717, 1.165) is 27.8 Å². The second kappa shape index (κ2) is 12.6. The average molecular weight is 695 g/mol. The molecule has 0 aliphatic carbocycles. The second-order valence-electron chi connectivity index (χ2n) is 8.14. The minimum atomic E-state index is -4.86. The molecule has 2 N–H and O–H groups in total. The molecule has 0 saturated carbocycles. The fourth-order valence-corrected chi connectivity index (χ4v) is 3.61. The van der Waals surface area contributed by atoms with Crippen molar-refractivity contribution in [1.82, 2.24) is 0 Å². The molecule has 15 heteroatoms. The van der Waals surface area contributed by atoms with Gasteiger partial charge >= 0.3 is 30.3 Å². The van der Waals surface area contributed by atoms with E-state index in [1.165, 1.54) is 12.1 Å². The first kappa shape index (κ1) is 31.4. The highest BCUT2D eigenvalue weighted by atomic mass is 127. The molecule has 216 valence electrons. The fraction of sp³-hybridized carbons (Fsp3) is 0.154. The Kier molecular flexibility index (Phi) is 9.62. The van der Waals surface area contributed by atoms with E-state index in [9.17, 15) is 50.6 Å². The van der Waals surface area contributed by atoms with Crippen LogP contribution in [0, 0.1) is 3.57 Å². The number of carboxylic acids is 1. The number of amides is 1. The fourth-order valence-electron chi connectivity index (χ4n) is 3.25. The number of aliphatic carboxylic acids is 1. The predicted octanol–water partition coefficient (Wildman–Crippen LogP) is 5.80. The smallest absolute Gasteiger partial charge is 0.416 e. The molecule has 2 atom stereocenters. The lowest BCUT2D eigenvalue weighted by Gasteiger charge is -2.24. The third-order valence-electron chi connectivity index (χ3n) is 5.21. The number of alkyl halides is 6. The quantitative estimate of drug-likeness (QED) is 0.174. The summed E-state index contributed by atoms with van der Waals surface area (Å²) in [5.74, 6) is -6.62. The summed E-state index contributed by atoms with van der Waals surface area (Å²) in [6, 6.07) is 11.4. The van der Waals surface area contributed by atoms with Crippen LogP contribution in [0.5, 0.6) is 0 Å². The summed E-state index contributed by atoms with van der Waals surface area (Å²) in [4.78, 5) is 50.5. The zero-order chi connectivity index (χ0) is 30.5. The highest BCUT2D eigenvalue weighted by Gasteiger charge is 2.42. The van der Waals surface area contributed by atoms with Crippen molar-refractivity contribution in [3.8, 4) is 0 Å². The molecule has 0 saturated heterocycles. The largest absolute Gasteiger partial charge is 0.478 e. The minimum absolute atomic E-state index is 0.0730. The van der Waals surface area contributed by atoms with Gasteiger partial charge in [-0.25, -0.2) is 14.4 Å². The normalized spacial score (nSPS) is 13.0. The summed E-state index contributed by atoms with van der Waals surface area (Å²) in [5.41, 5.74) is -3.91. The molecule has 0 unspecified atom stereocenters. The van der Waals surface area contributed by atoms with Crippen LogP contribution in [0.4, 0.5) is 32.0 Å². The number of anilines is 1. The summed E-state index contributed by atoms with van der Waals surface area (Å²) < 4.78 is 89.0. The molecule has 0 heterocycles. The Morgan fingerprint density at radius 2 is 1.15 bits per heavy atom. The average Bonchev–Trinajstić information content (AvgIpc) is 2.90. The number of hydrogen-bond acceptors (Lipinski definition) is 6. The summed E-state index contributed by atoms with van der Waals surface area (Å²) in [6.07, 6.45) is -14.8. The van der Waals surface area contributed by atoms with Crippen LogP contribution in [0.2, 0.25) is 0 Å². The van der Waals surface area contributed by atoms with Crippen LogP contribution < -0.4 is 5.32 Å². The molecule has 0 aromatic heterocycles. The molecule has 3 rings (SSSR count). The van der Waals surface area contributed by atoms with Gasteiger partial charge in [0.25, 0.3) is 5.91 Å². The number of hydrogen-bond donors (Lipinski definition) is 2. The highest BCUT2D eigenvalue weighted by Crippen LogP contribution is 2.31. The van der Waals surface area contributed by atoms with Gasteiger partial charge in [-0.3, -0.25) is 4.79 Å².